The number of carbonyl (C=O) groups excluding carboxylic acids is 2. The van der Waals surface area contributed by atoms with Crippen molar-refractivity contribution in [3.8, 4) is 5.75 Å². The van der Waals surface area contributed by atoms with Crippen LogP contribution in [0.5, 0.6) is 5.75 Å². The van der Waals surface area contributed by atoms with Gasteiger partial charge in [0.25, 0.3) is 11.7 Å². The fraction of sp³-hybridized carbons (Fsp3) is 0.385. The predicted molar refractivity (Wildman–Crippen MR) is 125 cm³/mol. The third-order valence-electron chi connectivity index (χ3n) is 5.37. The standard InChI is InChI=1S/C26H32N2O4/c1-18(2)17-32-21-13-11-20(12-14-21)24(29)22-23(19-9-6-5-7-10-19)28(26(31)25(22)30)16-8-15-27(3)4/h5-7,9-14,18,23,29H,8,15-17H2,1-4H3/t23-/m0/s1. The number of Topliss-reactive ketones (excluding diaryl/α,β-unsaturated/α-hetero) is 1. The molecule has 0 radical (unpaired) electrons. The lowest BCUT2D eigenvalue weighted by atomic mass is 9.95. The van der Waals surface area contributed by atoms with Gasteiger partial charge in [0, 0.05) is 12.1 Å². The molecule has 0 saturated carbocycles. The highest BCUT2D eigenvalue weighted by Gasteiger charge is 2.45. The molecule has 6 nitrogen and oxygen atoms in total. The maximum Gasteiger partial charge on any atom is 0.295 e. The minimum Gasteiger partial charge on any atom is -0.507 e. The lowest BCUT2D eigenvalue weighted by molar-refractivity contribution is -0.139. The smallest absolute Gasteiger partial charge is 0.295 e. The van der Waals surface area contributed by atoms with Gasteiger partial charge in [-0.05, 0) is 62.8 Å². The number of hydrogen-bond donors (Lipinski definition) is 1. The molecule has 1 atom stereocenters. The molecule has 1 heterocycles. The van der Waals surface area contributed by atoms with Crippen LogP contribution < -0.4 is 4.74 Å². The molecule has 2 aromatic rings. The van der Waals surface area contributed by atoms with E-state index in [1.54, 1.807) is 29.2 Å². The zero-order valence-corrected chi connectivity index (χ0v) is 19.2. The number of nitrogens with zero attached hydrogens (tertiary/aromatic N) is 2. The van der Waals surface area contributed by atoms with Crippen molar-refractivity contribution < 1.29 is 19.4 Å². The molecule has 1 N–H and O–H groups in total. The van der Waals surface area contributed by atoms with Gasteiger partial charge in [-0.1, -0.05) is 44.2 Å². The van der Waals surface area contributed by atoms with Crippen LogP contribution in [0.25, 0.3) is 5.76 Å². The first-order valence-electron chi connectivity index (χ1n) is 11.0. The van der Waals surface area contributed by atoms with Gasteiger partial charge in [-0.2, -0.15) is 0 Å². The second kappa shape index (κ2) is 10.5. The minimum atomic E-state index is -0.652. The Balaban J connectivity index is 1.96. The van der Waals surface area contributed by atoms with Crippen LogP contribution in [0.4, 0.5) is 0 Å². The summed E-state index contributed by atoms with van der Waals surface area (Å²) in [5.41, 5.74) is 1.41. The van der Waals surface area contributed by atoms with Crippen LogP contribution in [0.1, 0.15) is 37.4 Å². The van der Waals surface area contributed by atoms with Gasteiger partial charge in [0.15, 0.2) is 0 Å². The number of ketones is 1. The average Bonchev–Trinajstić information content (AvgIpc) is 3.03. The zero-order chi connectivity index (χ0) is 23.3. The highest BCUT2D eigenvalue weighted by atomic mass is 16.5. The Hall–Kier alpha value is -3.12. The summed E-state index contributed by atoms with van der Waals surface area (Å²) in [4.78, 5) is 29.5. The van der Waals surface area contributed by atoms with E-state index in [0.29, 0.717) is 30.4 Å². The van der Waals surface area contributed by atoms with Crippen LogP contribution in [0.2, 0.25) is 0 Å². The normalized spacial score (nSPS) is 18.1. The molecule has 0 aromatic heterocycles. The topological polar surface area (TPSA) is 70.1 Å². The second-order valence-electron chi connectivity index (χ2n) is 8.79. The number of amides is 1. The Bertz CT molecular complexity index is 965. The number of ether oxygens (including phenoxy) is 1. The summed E-state index contributed by atoms with van der Waals surface area (Å²) in [6, 6.07) is 15.7. The maximum absolute atomic E-state index is 13.0. The Labute approximate surface area is 190 Å². The summed E-state index contributed by atoms with van der Waals surface area (Å²) in [5.74, 6) is -0.295. The van der Waals surface area contributed by atoms with Gasteiger partial charge in [0.05, 0.1) is 18.2 Å². The maximum atomic E-state index is 13.0. The van der Waals surface area contributed by atoms with E-state index in [9.17, 15) is 14.7 Å². The molecule has 1 aliphatic heterocycles. The van der Waals surface area contributed by atoms with E-state index in [1.807, 2.05) is 49.3 Å². The summed E-state index contributed by atoms with van der Waals surface area (Å²) >= 11 is 0. The number of likely N-dealkylation sites (tertiary alicyclic amines) is 1. The molecule has 1 saturated heterocycles. The van der Waals surface area contributed by atoms with Gasteiger partial charge in [-0.15, -0.1) is 0 Å². The number of benzene rings is 2. The lowest BCUT2D eigenvalue weighted by Gasteiger charge is -2.26. The number of aliphatic hydroxyl groups is 1. The first-order chi connectivity index (χ1) is 15.3. The molecule has 1 amide bonds. The van der Waals surface area contributed by atoms with Crippen LogP contribution in [0.3, 0.4) is 0 Å². The van der Waals surface area contributed by atoms with Gasteiger partial charge < -0.3 is 19.6 Å². The van der Waals surface area contributed by atoms with Crippen LogP contribution in [0.15, 0.2) is 60.2 Å². The van der Waals surface area contributed by atoms with Crippen molar-refractivity contribution in [2.45, 2.75) is 26.3 Å². The first-order valence-corrected chi connectivity index (χ1v) is 11.0. The molecule has 0 bridgehead atoms. The van der Waals surface area contributed by atoms with Gasteiger partial charge in [-0.25, -0.2) is 0 Å². The van der Waals surface area contributed by atoms with E-state index < -0.39 is 17.7 Å². The molecule has 6 heteroatoms. The SMILES string of the molecule is CC(C)COc1ccc(C(O)=C2C(=O)C(=O)N(CCCN(C)C)[C@H]2c2ccccc2)cc1. The quantitative estimate of drug-likeness (QED) is 0.364. The summed E-state index contributed by atoms with van der Waals surface area (Å²) < 4.78 is 5.71. The van der Waals surface area contributed by atoms with Gasteiger partial charge in [0.2, 0.25) is 0 Å². The van der Waals surface area contributed by atoms with E-state index in [1.165, 1.54) is 0 Å². The Morgan fingerprint density at radius 1 is 1.06 bits per heavy atom. The van der Waals surface area contributed by atoms with Crippen molar-refractivity contribution in [3.05, 3.63) is 71.3 Å². The van der Waals surface area contributed by atoms with Crippen LogP contribution in [0, 0.1) is 5.92 Å². The summed E-state index contributed by atoms with van der Waals surface area (Å²) in [6.45, 7) is 5.96. The van der Waals surface area contributed by atoms with Crippen molar-refractivity contribution in [2.75, 3.05) is 33.8 Å². The van der Waals surface area contributed by atoms with Gasteiger partial charge in [0.1, 0.15) is 11.5 Å². The monoisotopic (exact) mass is 436 g/mol. The largest absolute Gasteiger partial charge is 0.507 e. The van der Waals surface area contributed by atoms with E-state index in [2.05, 4.69) is 13.8 Å². The number of carbonyl (C=O) groups is 2. The molecule has 0 unspecified atom stereocenters. The van der Waals surface area contributed by atoms with E-state index in [-0.39, 0.29) is 11.3 Å². The molecular weight excluding hydrogens is 404 g/mol. The van der Waals surface area contributed by atoms with Gasteiger partial charge in [-0.3, -0.25) is 9.59 Å². The average molecular weight is 437 g/mol. The van der Waals surface area contributed by atoms with Gasteiger partial charge >= 0.3 is 0 Å². The molecular formula is C26H32N2O4. The Morgan fingerprint density at radius 3 is 2.31 bits per heavy atom. The summed E-state index contributed by atoms with van der Waals surface area (Å²) in [5, 5.41) is 11.1. The predicted octanol–water partition coefficient (Wildman–Crippen LogP) is 4.09. The third kappa shape index (κ3) is 5.37. The van der Waals surface area contributed by atoms with E-state index >= 15 is 0 Å². The van der Waals surface area contributed by atoms with Crippen molar-refractivity contribution >= 4 is 17.4 Å². The summed E-state index contributed by atoms with van der Waals surface area (Å²) in [7, 11) is 3.94. The highest BCUT2D eigenvalue weighted by Crippen LogP contribution is 2.39. The molecule has 1 fully saturated rings. The van der Waals surface area contributed by atoms with E-state index in [4.69, 9.17) is 4.74 Å². The lowest BCUT2D eigenvalue weighted by Crippen LogP contribution is -2.32. The van der Waals surface area contributed by atoms with Crippen LogP contribution in [-0.4, -0.2) is 60.4 Å². The first kappa shape index (κ1) is 23.5. The molecule has 2 aromatic carbocycles. The summed E-state index contributed by atoms with van der Waals surface area (Å²) in [6.07, 6.45) is 0.727. The Kier molecular flexibility index (Phi) is 7.70. The molecule has 1 aliphatic rings. The fourth-order valence-corrected chi connectivity index (χ4v) is 3.78. The van der Waals surface area contributed by atoms with Crippen LogP contribution in [-0.2, 0) is 9.59 Å². The number of aliphatic hydroxyl groups excluding tert-OH is 1. The molecule has 170 valence electrons. The zero-order valence-electron chi connectivity index (χ0n) is 19.2. The van der Waals surface area contributed by atoms with Crippen molar-refractivity contribution in [1.29, 1.82) is 0 Å². The second-order valence-corrected chi connectivity index (χ2v) is 8.79. The number of hydrogen-bond acceptors (Lipinski definition) is 5. The number of rotatable bonds is 9. The van der Waals surface area contributed by atoms with Crippen molar-refractivity contribution in [2.24, 2.45) is 5.92 Å². The molecule has 0 spiro atoms. The molecule has 0 aliphatic carbocycles. The molecule has 32 heavy (non-hydrogen) atoms. The van der Waals surface area contributed by atoms with Crippen molar-refractivity contribution in [1.82, 2.24) is 9.80 Å². The van der Waals surface area contributed by atoms with E-state index in [0.717, 1.165) is 18.5 Å². The van der Waals surface area contributed by atoms with Crippen LogP contribution >= 0.6 is 0 Å². The minimum absolute atomic E-state index is 0.127. The molecule has 3 rings (SSSR count). The highest BCUT2D eigenvalue weighted by molar-refractivity contribution is 6.46. The fourth-order valence-electron chi connectivity index (χ4n) is 3.78. The third-order valence-corrected chi connectivity index (χ3v) is 5.37. The van der Waals surface area contributed by atoms with Crippen molar-refractivity contribution in [3.63, 3.8) is 0 Å². The Morgan fingerprint density at radius 2 is 1.72 bits per heavy atom.